The average molecular weight is 344 g/mol. The summed E-state index contributed by atoms with van der Waals surface area (Å²) in [6.45, 7) is 4.83. The second-order valence-corrected chi connectivity index (χ2v) is 7.41. The zero-order chi connectivity index (χ0) is 16.6. The van der Waals surface area contributed by atoms with Gasteiger partial charge in [-0.3, -0.25) is 9.52 Å². The van der Waals surface area contributed by atoms with Gasteiger partial charge in [0.2, 0.25) is 0 Å². The van der Waals surface area contributed by atoms with Crippen LogP contribution in [-0.4, -0.2) is 19.7 Å². The van der Waals surface area contributed by atoms with E-state index in [0.717, 1.165) is 18.2 Å². The molecule has 118 valence electrons. The number of ketones is 1. The molecule has 0 unspecified atom stereocenters. The van der Waals surface area contributed by atoms with Gasteiger partial charge in [-0.2, -0.15) is 21.6 Å². The molecule has 1 rings (SSSR count). The predicted octanol–water partition coefficient (Wildman–Crippen LogP) is 3.83. The summed E-state index contributed by atoms with van der Waals surface area (Å²) in [5, 5.41) is 0.0323. The quantitative estimate of drug-likeness (QED) is 0.848. The highest BCUT2D eigenvalue weighted by Gasteiger charge is 2.46. The summed E-state index contributed by atoms with van der Waals surface area (Å²) in [6, 6.07) is 3.19. The summed E-state index contributed by atoms with van der Waals surface area (Å²) in [5.41, 5.74) is -6.69. The Morgan fingerprint density at radius 1 is 1.19 bits per heavy atom. The van der Waals surface area contributed by atoms with Crippen molar-refractivity contribution in [3.63, 3.8) is 0 Å². The molecule has 0 amide bonds. The first-order valence-corrected chi connectivity index (χ1v) is 7.55. The van der Waals surface area contributed by atoms with Crippen molar-refractivity contribution < 1.29 is 26.4 Å². The van der Waals surface area contributed by atoms with E-state index < -0.39 is 26.7 Å². The number of anilines is 1. The minimum atomic E-state index is -5.55. The summed E-state index contributed by atoms with van der Waals surface area (Å²) < 4.78 is 60.3. The topological polar surface area (TPSA) is 63.2 Å². The van der Waals surface area contributed by atoms with Crippen LogP contribution < -0.4 is 4.72 Å². The van der Waals surface area contributed by atoms with Gasteiger partial charge >= 0.3 is 15.5 Å². The highest BCUT2D eigenvalue weighted by Crippen LogP contribution is 2.30. The first-order chi connectivity index (χ1) is 9.25. The van der Waals surface area contributed by atoms with E-state index in [1.807, 2.05) is 0 Å². The Bertz CT molecular complexity index is 663. The number of carbonyl (C=O) groups is 1. The molecule has 4 nitrogen and oxygen atoms in total. The van der Waals surface area contributed by atoms with Crippen LogP contribution in [0.2, 0.25) is 5.02 Å². The molecule has 0 saturated heterocycles. The number of alkyl halides is 3. The molecule has 0 heterocycles. The van der Waals surface area contributed by atoms with Gasteiger partial charge in [-0.1, -0.05) is 32.4 Å². The fourth-order valence-corrected chi connectivity index (χ4v) is 2.14. The number of carbonyl (C=O) groups excluding carboxylic acids is 1. The van der Waals surface area contributed by atoms with Crippen molar-refractivity contribution in [2.75, 3.05) is 4.72 Å². The van der Waals surface area contributed by atoms with Crippen LogP contribution in [0.4, 0.5) is 18.9 Å². The molecular weight excluding hydrogens is 331 g/mol. The number of halogens is 4. The highest BCUT2D eigenvalue weighted by molar-refractivity contribution is 7.93. The van der Waals surface area contributed by atoms with E-state index in [-0.39, 0.29) is 16.3 Å². The Morgan fingerprint density at radius 2 is 1.71 bits per heavy atom. The van der Waals surface area contributed by atoms with Gasteiger partial charge in [-0.25, -0.2) is 0 Å². The second kappa shape index (κ2) is 5.49. The number of hydrogen-bond donors (Lipinski definition) is 1. The first-order valence-electron chi connectivity index (χ1n) is 5.69. The monoisotopic (exact) mass is 343 g/mol. The van der Waals surface area contributed by atoms with Gasteiger partial charge in [0.1, 0.15) is 0 Å². The van der Waals surface area contributed by atoms with E-state index in [2.05, 4.69) is 0 Å². The van der Waals surface area contributed by atoms with Crippen LogP contribution >= 0.6 is 11.6 Å². The van der Waals surface area contributed by atoms with Crippen molar-refractivity contribution in [3.8, 4) is 0 Å². The maximum absolute atomic E-state index is 12.3. The molecule has 0 saturated carbocycles. The van der Waals surface area contributed by atoms with Crippen molar-refractivity contribution >= 4 is 33.1 Å². The molecule has 0 aliphatic rings. The van der Waals surface area contributed by atoms with Crippen molar-refractivity contribution in [3.05, 3.63) is 28.8 Å². The van der Waals surface area contributed by atoms with Crippen molar-refractivity contribution in [2.24, 2.45) is 5.41 Å². The van der Waals surface area contributed by atoms with Gasteiger partial charge in [0.25, 0.3) is 0 Å². The summed E-state index contributed by atoms with van der Waals surface area (Å²) in [6.07, 6.45) is 0. The maximum atomic E-state index is 12.3. The summed E-state index contributed by atoms with van der Waals surface area (Å²) in [4.78, 5) is 12.1. The fraction of sp³-hybridized carbons (Fsp3) is 0.417. The summed E-state index contributed by atoms with van der Waals surface area (Å²) in [7, 11) is -5.55. The normalized spacial score (nSPS) is 13.1. The lowest BCUT2D eigenvalue weighted by Crippen LogP contribution is -2.30. The van der Waals surface area contributed by atoms with Crippen molar-refractivity contribution in [2.45, 2.75) is 26.3 Å². The van der Waals surface area contributed by atoms with Gasteiger partial charge in [0, 0.05) is 16.7 Å². The molecule has 0 bridgehead atoms. The zero-order valence-corrected chi connectivity index (χ0v) is 12.9. The number of rotatable bonds is 3. The summed E-state index contributed by atoms with van der Waals surface area (Å²) >= 11 is 5.84. The molecule has 1 N–H and O–H groups in total. The second-order valence-electron chi connectivity index (χ2n) is 5.32. The van der Waals surface area contributed by atoms with Crippen LogP contribution in [-0.2, 0) is 10.0 Å². The van der Waals surface area contributed by atoms with E-state index in [0.29, 0.717) is 0 Å². The Kier molecular flexibility index (Phi) is 4.65. The van der Waals surface area contributed by atoms with Crippen LogP contribution in [0.5, 0.6) is 0 Å². The van der Waals surface area contributed by atoms with Gasteiger partial charge < -0.3 is 0 Å². The van der Waals surface area contributed by atoms with Gasteiger partial charge in [-0.05, 0) is 18.2 Å². The number of sulfonamides is 1. The number of Topliss-reactive ketones (excluding diaryl/α,β-unsaturated/α-hetero) is 1. The molecule has 0 spiro atoms. The maximum Gasteiger partial charge on any atom is 0.516 e. The molecule has 0 atom stereocenters. The third-order valence-electron chi connectivity index (χ3n) is 2.45. The van der Waals surface area contributed by atoms with E-state index in [9.17, 15) is 26.4 Å². The van der Waals surface area contributed by atoms with Crippen LogP contribution in [0.1, 0.15) is 31.1 Å². The first kappa shape index (κ1) is 17.8. The molecule has 0 aliphatic heterocycles. The molecule has 9 heteroatoms. The zero-order valence-electron chi connectivity index (χ0n) is 11.4. The lowest BCUT2D eigenvalue weighted by molar-refractivity contribution is -0.0429. The number of hydrogen-bond acceptors (Lipinski definition) is 3. The fourth-order valence-electron chi connectivity index (χ4n) is 1.38. The predicted molar refractivity (Wildman–Crippen MR) is 73.8 cm³/mol. The minimum absolute atomic E-state index is 0.0323. The molecule has 21 heavy (non-hydrogen) atoms. The largest absolute Gasteiger partial charge is 0.516 e. The van der Waals surface area contributed by atoms with Crippen LogP contribution in [0.25, 0.3) is 0 Å². The highest BCUT2D eigenvalue weighted by atomic mass is 35.5. The Morgan fingerprint density at radius 3 is 2.14 bits per heavy atom. The molecule has 1 aromatic rings. The van der Waals surface area contributed by atoms with E-state index in [1.54, 1.807) is 20.8 Å². The Hall–Kier alpha value is -1.28. The summed E-state index contributed by atoms with van der Waals surface area (Å²) in [5.74, 6) is -0.416. The van der Waals surface area contributed by atoms with Gasteiger partial charge in [0.05, 0.1) is 5.02 Å². The lowest BCUT2D eigenvalue weighted by Gasteiger charge is -2.18. The molecule has 0 radical (unpaired) electrons. The lowest BCUT2D eigenvalue weighted by atomic mass is 9.86. The van der Waals surface area contributed by atoms with Crippen LogP contribution in [0.3, 0.4) is 0 Å². The molecular formula is C12H13ClF3NO3S. The van der Waals surface area contributed by atoms with Gasteiger partial charge in [0.15, 0.2) is 5.78 Å². The molecule has 0 aliphatic carbocycles. The minimum Gasteiger partial charge on any atom is -0.294 e. The third-order valence-corrected chi connectivity index (χ3v) is 3.89. The number of nitrogens with one attached hydrogen (secondary N) is 1. The van der Waals surface area contributed by atoms with E-state index in [4.69, 9.17) is 11.6 Å². The van der Waals surface area contributed by atoms with E-state index in [1.165, 1.54) is 4.72 Å². The molecule has 0 aromatic heterocycles. The van der Waals surface area contributed by atoms with Crippen LogP contribution in [0, 0.1) is 5.41 Å². The van der Waals surface area contributed by atoms with E-state index >= 15 is 0 Å². The standard InChI is InChI=1S/C12H13ClF3NO3S/c1-11(2,3)10(18)8-6-7(4-5-9(8)13)17-21(19,20)12(14,15)16/h4-6,17H,1-3H3. The third kappa shape index (κ3) is 4.10. The van der Waals surface area contributed by atoms with Crippen molar-refractivity contribution in [1.82, 2.24) is 0 Å². The smallest absolute Gasteiger partial charge is 0.294 e. The van der Waals surface area contributed by atoms with Crippen molar-refractivity contribution in [1.29, 1.82) is 0 Å². The number of benzene rings is 1. The van der Waals surface area contributed by atoms with Crippen LogP contribution in [0.15, 0.2) is 18.2 Å². The van der Waals surface area contributed by atoms with Gasteiger partial charge in [-0.15, -0.1) is 0 Å². The molecule has 0 fully saturated rings. The Labute approximate surface area is 125 Å². The Balaban J connectivity index is 3.24. The average Bonchev–Trinajstić information content (AvgIpc) is 2.27. The SMILES string of the molecule is CC(C)(C)C(=O)c1cc(NS(=O)(=O)C(F)(F)F)ccc1Cl. The molecule has 1 aromatic carbocycles.